The Hall–Kier alpha value is -1.55. The van der Waals surface area contributed by atoms with Gasteiger partial charge in [0.1, 0.15) is 11.6 Å². The highest BCUT2D eigenvalue weighted by Gasteiger charge is 2.09. The lowest BCUT2D eigenvalue weighted by atomic mass is 10.4. The van der Waals surface area contributed by atoms with E-state index in [1.54, 1.807) is 25.3 Å². The molecule has 0 aliphatic rings. The molecule has 2 aromatic heterocycles. The Labute approximate surface area is 85.7 Å². The number of rotatable bonds is 1. The molecular weight excluding hydrogens is 202 g/mol. The average Bonchev–Trinajstić information content (AvgIpc) is 2.47. The minimum Gasteiger partial charge on any atom is -0.456 e. The normalized spacial score (nSPS) is 10.4. The third kappa shape index (κ3) is 1.56. The average molecular weight is 210 g/mol. The highest BCUT2D eigenvalue weighted by Crippen LogP contribution is 2.25. The van der Waals surface area contributed by atoms with E-state index in [0.29, 0.717) is 28.2 Å². The minimum absolute atomic E-state index is 0.403. The molecule has 0 atom stereocenters. The molecule has 2 heterocycles. The molecule has 0 unspecified atom stereocenters. The molecule has 0 amide bonds. The second-order valence-electron chi connectivity index (χ2n) is 2.82. The highest BCUT2D eigenvalue weighted by atomic mass is 35.5. The fraction of sp³-hybridized carbons (Fsp3) is 0.111. The van der Waals surface area contributed by atoms with Crippen LogP contribution in [0.4, 0.5) is 5.82 Å². The Balaban J connectivity index is 2.49. The molecule has 0 aliphatic carbocycles. The van der Waals surface area contributed by atoms with Crippen molar-refractivity contribution >= 4 is 17.4 Å². The first-order chi connectivity index (χ1) is 6.66. The zero-order chi connectivity index (χ0) is 10.1. The summed E-state index contributed by atoms with van der Waals surface area (Å²) < 4.78 is 5.34. The molecule has 0 saturated carbocycles. The largest absolute Gasteiger partial charge is 0.456 e. The number of nitrogens with two attached hydrogens (primary N) is 1. The van der Waals surface area contributed by atoms with Crippen molar-refractivity contribution in [2.75, 3.05) is 5.73 Å². The smallest absolute Gasteiger partial charge is 0.197 e. The second-order valence-corrected chi connectivity index (χ2v) is 3.23. The fourth-order valence-electron chi connectivity index (χ4n) is 1.06. The number of hydrogen-bond donors (Lipinski definition) is 1. The summed E-state index contributed by atoms with van der Waals surface area (Å²) in [5.74, 6) is 2.02. The van der Waals surface area contributed by atoms with Crippen LogP contribution in [0, 0.1) is 6.92 Å². The number of anilines is 1. The van der Waals surface area contributed by atoms with Crippen LogP contribution < -0.4 is 5.73 Å². The van der Waals surface area contributed by atoms with E-state index in [-0.39, 0.29) is 0 Å². The number of aryl methyl sites for hydroxylation is 1. The number of hydrogen-bond acceptors (Lipinski definition) is 4. The van der Waals surface area contributed by atoms with Gasteiger partial charge in [-0.25, -0.2) is 9.97 Å². The summed E-state index contributed by atoms with van der Waals surface area (Å²) >= 11 is 5.84. The Morgan fingerprint density at radius 2 is 2.29 bits per heavy atom. The van der Waals surface area contributed by atoms with Crippen LogP contribution in [0.5, 0.6) is 0 Å². The summed E-state index contributed by atoms with van der Waals surface area (Å²) in [4.78, 5) is 8.03. The van der Waals surface area contributed by atoms with Gasteiger partial charge in [0.2, 0.25) is 0 Å². The molecule has 2 N–H and O–H groups in total. The van der Waals surface area contributed by atoms with Crippen molar-refractivity contribution in [3.63, 3.8) is 0 Å². The van der Waals surface area contributed by atoms with E-state index in [0.717, 1.165) is 0 Å². The van der Waals surface area contributed by atoms with Crippen LogP contribution in [0.1, 0.15) is 5.76 Å². The van der Waals surface area contributed by atoms with Gasteiger partial charge < -0.3 is 10.2 Å². The molecule has 2 rings (SSSR count). The van der Waals surface area contributed by atoms with Gasteiger partial charge in [-0.05, 0) is 13.0 Å². The second kappa shape index (κ2) is 3.31. The van der Waals surface area contributed by atoms with Crippen molar-refractivity contribution in [2.45, 2.75) is 6.92 Å². The van der Waals surface area contributed by atoms with Crippen molar-refractivity contribution < 1.29 is 4.42 Å². The molecule has 0 saturated heterocycles. The van der Waals surface area contributed by atoms with Crippen LogP contribution in [-0.2, 0) is 0 Å². The SMILES string of the molecule is Cc1oc(-c2nccc(N)n2)cc1Cl. The van der Waals surface area contributed by atoms with Gasteiger partial charge in [0.25, 0.3) is 0 Å². The van der Waals surface area contributed by atoms with Crippen molar-refractivity contribution in [3.05, 3.63) is 29.1 Å². The minimum atomic E-state index is 0.403. The van der Waals surface area contributed by atoms with Gasteiger partial charge in [0.15, 0.2) is 11.6 Å². The quantitative estimate of drug-likeness (QED) is 0.783. The summed E-state index contributed by atoms with van der Waals surface area (Å²) in [7, 11) is 0. The Morgan fingerprint density at radius 3 is 2.86 bits per heavy atom. The summed E-state index contributed by atoms with van der Waals surface area (Å²) in [6.07, 6.45) is 1.57. The van der Waals surface area contributed by atoms with Gasteiger partial charge in [0, 0.05) is 12.3 Å². The third-order valence-electron chi connectivity index (χ3n) is 1.75. The van der Waals surface area contributed by atoms with Crippen LogP contribution in [0.3, 0.4) is 0 Å². The molecule has 0 aromatic carbocycles. The number of halogens is 1. The van der Waals surface area contributed by atoms with Crippen molar-refractivity contribution in [3.8, 4) is 11.6 Å². The highest BCUT2D eigenvalue weighted by molar-refractivity contribution is 6.31. The summed E-state index contributed by atoms with van der Waals surface area (Å²) in [6.45, 7) is 1.78. The van der Waals surface area contributed by atoms with Crippen molar-refractivity contribution in [1.29, 1.82) is 0 Å². The summed E-state index contributed by atoms with van der Waals surface area (Å²) in [6, 6.07) is 3.28. The van der Waals surface area contributed by atoms with E-state index in [9.17, 15) is 0 Å². The maximum absolute atomic E-state index is 5.84. The van der Waals surface area contributed by atoms with Gasteiger partial charge >= 0.3 is 0 Å². The van der Waals surface area contributed by atoms with Crippen LogP contribution in [-0.4, -0.2) is 9.97 Å². The predicted octanol–water partition coefficient (Wildman–Crippen LogP) is 2.28. The summed E-state index contributed by atoms with van der Waals surface area (Å²) in [5.41, 5.74) is 5.52. The Morgan fingerprint density at radius 1 is 1.50 bits per heavy atom. The first-order valence-electron chi connectivity index (χ1n) is 4.01. The first kappa shape index (κ1) is 9.02. The monoisotopic (exact) mass is 209 g/mol. The number of aromatic nitrogens is 2. The molecule has 0 fully saturated rings. The zero-order valence-electron chi connectivity index (χ0n) is 7.49. The van der Waals surface area contributed by atoms with Crippen molar-refractivity contribution in [1.82, 2.24) is 9.97 Å². The molecule has 72 valence electrons. The number of nitrogen functional groups attached to an aromatic ring is 1. The summed E-state index contributed by atoms with van der Waals surface area (Å²) in [5, 5.41) is 0.561. The lowest BCUT2D eigenvalue weighted by molar-refractivity contribution is 0.544. The van der Waals surface area contributed by atoms with E-state index in [1.165, 1.54) is 0 Å². The van der Waals surface area contributed by atoms with Gasteiger partial charge in [-0.2, -0.15) is 0 Å². The lowest BCUT2D eigenvalue weighted by Crippen LogP contribution is -1.93. The van der Waals surface area contributed by atoms with Gasteiger partial charge in [-0.3, -0.25) is 0 Å². The number of nitrogens with zero attached hydrogens (tertiary/aromatic N) is 2. The van der Waals surface area contributed by atoms with E-state index in [4.69, 9.17) is 21.8 Å². The fourth-order valence-corrected chi connectivity index (χ4v) is 1.20. The number of furan rings is 1. The van der Waals surface area contributed by atoms with Crippen LogP contribution in [0.15, 0.2) is 22.7 Å². The molecule has 5 heteroatoms. The molecule has 0 radical (unpaired) electrons. The van der Waals surface area contributed by atoms with Gasteiger partial charge in [-0.15, -0.1) is 0 Å². The molecule has 2 aromatic rings. The predicted molar refractivity (Wildman–Crippen MR) is 53.9 cm³/mol. The Kier molecular flexibility index (Phi) is 2.13. The molecule has 14 heavy (non-hydrogen) atoms. The standard InChI is InChI=1S/C9H8ClN3O/c1-5-6(10)4-7(14-5)9-12-3-2-8(11)13-9/h2-4H,1H3,(H2,11,12,13). The molecule has 0 spiro atoms. The van der Waals surface area contributed by atoms with Crippen LogP contribution >= 0.6 is 11.6 Å². The van der Waals surface area contributed by atoms with Crippen molar-refractivity contribution in [2.24, 2.45) is 0 Å². The van der Waals surface area contributed by atoms with E-state index in [1.807, 2.05) is 0 Å². The van der Waals surface area contributed by atoms with Gasteiger partial charge in [0.05, 0.1) is 5.02 Å². The first-order valence-corrected chi connectivity index (χ1v) is 4.39. The van der Waals surface area contributed by atoms with Crippen LogP contribution in [0.25, 0.3) is 11.6 Å². The third-order valence-corrected chi connectivity index (χ3v) is 2.13. The molecule has 0 bridgehead atoms. The lowest BCUT2D eigenvalue weighted by Gasteiger charge is -1.95. The maximum Gasteiger partial charge on any atom is 0.197 e. The van der Waals surface area contributed by atoms with E-state index >= 15 is 0 Å². The maximum atomic E-state index is 5.84. The van der Waals surface area contributed by atoms with E-state index in [2.05, 4.69) is 9.97 Å². The Bertz CT molecular complexity index is 447. The molecule has 4 nitrogen and oxygen atoms in total. The van der Waals surface area contributed by atoms with Gasteiger partial charge in [-0.1, -0.05) is 11.6 Å². The topological polar surface area (TPSA) is 64.9 Å². The van der Waals surface area contributed by atoms with Crippen LogP contribution in [0.2, 0.25) is 5.02 Å². The molecular formula is C9H8ClN3O. The zero-order valence-corrected chi connectivity index (χ0v) is 8.25. The van der Waals surface area contributed by atoms with E-state index < -0.39 is 0 Å². The molecule has 0 aliphatic heterocycles.